The summed E-state index contributed by atoms with van der Waals surface area (Å²) >= 11 is 0. The second-order valence-corrected chi connectivity index (χ2v) is 11.5. The summed E-state index contributed by atoms with van der Waals surface area (Å²) < 4.78 is 6.51. The number of rotatable bonds is 10. The number of nitrogens with zero attached hydrogens (tertiary/aromatic N) is 4. The topological polar surface area (TPSA) is 114 Å². The lowest BCUT2D eigenvalue weighted by Crippen LogP contribution is -2.39. The molecule has 0 radical (unpaired) electrons. The van der Waals surface area contributed by atoms with Crippen molar-refractivity contribution in [1.82, 2.24) is 24.6 Å². The summed E-state index contributed by atoms with van der Waals surface area (Å²) in [5.41, 5.74) is 4.95. The fraction of sp³-hybridized carbons (Fsp3) is 0.424. The highest BCUT2D eigenvalue weighted by Crippen LogP contribution is 2.40. The van der Waals surface area contributed by atoms with Gasteiger partial charge in [0.05, 0.1) is 18.7 Å². The van der Waals surface area contributed by atoms with Crippen molar-refractivity contribution < 1.29 is 9.32 Å². The van der Waals surface area contributed by atoms with Crippen LogP contribution in [0.25, 0.3) is 22.5 Å². The van der Waals surface area contributed by atoms with Crippen LogP contribution in [0, 0.1) is 0 Å². The molecular weight excluding hydrogens is 530 g/mol. The van der Waals surface area contributed by atoms with Gasteiger partial charge < -0.3 is 4.90 Å². The molecule has 4 aromatic rings. The van der Waals surface area contributed by atoms with E-state index in [-0.39, 0.29) is 23.8 Å². The van der Waals surface area contributed by atoms with E-state index in [1.807, 2.05) is 53.4 Å². The van der Waals surface area contributed by atoms with Crippen molar-refractivity contribution in [1.29, 1.82) is 0 Å². The molecule has 0 atom stereocenters. The summed E-state index contributed by atoms with van der Waals surface area (Å²) in [4.78, 5) is 48.6. The number of nitrogens with one attached hydrogen (secondary N) is 1. The van der Waals surface area contributed by atoms with Gasteiger partial charge in [0.15, 0.2) is 5.82 Å². The molecule has 2 aromatic carbocycles. The number of benzene rings is 2. The van der Waals surface area contributed by atoms with Crippen molar-refractivity contribution in [2.75, 3.05) is 13.1 Å². The average molecular weight is 568 g/mol. The number of aromatic nitrogens is 4. The van der Waals surface area contributed by atoms with E-state index in [4.69, 9.17) is 9.51 Å². The molecule has 1 amide bonds. The maximum Gasteiger partial charge on any atom is 0.439 e. The summed E-state index contributed by atoms with van der Waals surface area (Å²) in [6.07, 6.45) is 8.07. The Morgan fingerprint density at radius 2 is 1.74 bits per heavy atom. The van der Waals surface area contributed by atoms with E-state index in [0.29, 0.717) is 17.9 Å². The number of aromatic amines is 1. The standard InChI is InChI=1S/C33H37N5O4/c1-2-3-11-28-34-30(24-16-17-24)27(20-29(39)37-18-7-4-8-19-37)32(40)38(28)21-22-12-14-23(15-13-22)25-9-5-6-10-26(25)31-35-33(41)42-36-31/h5-6,9-10,12-15,24H,2-4,7-8,11,16-21H2,1H3,(H,35,36,41). The van der Waals surface area contributed by atoms with E-state index in [0.717, 1.165) is 98.2 Å². The molecular formula is C33H37N5O4. The lowest BCUT2D eigenvalue weighted by atomic mass is 9.98. The zero-order valence-electron chi connectivity index (χ0n) is 24.1. The molecule has 2 aliphatic rings. The van der Waals surface area contributed by atoms with Gasteiger partial charge in [0.25, 0.3) is 5.56 Å². The fourth-order valence-corrected chi connectivity index (χ4v) is 5.87. The smallest absolute Gasteiger partial charge is 0.342 e. The number of hydrogen-bond donors (Lipinski definition) is 1. The van der Waals surface area contributed by atoms with Crippen LogP contribution in [0.4, 0.5) is 0 Å². The number of likely N-dealkylation sites (tertiary alicyclic amines) is 1. The number of carbonyl (C=O) groups is 1. The lowest BCUT2D eigenvalue weighted by molar-refractivity contribution is -0.131. The Labute approximate surface area is 244 Å². The van der Waals surface area contributed by atoms with Gasteiger partial charge in [0, 0.05) is 36.6 Å². The number of unbranched alkanes of at least 4 members (excludes halogenated alkanes) is 1. The predicted molar refractivity (Wildman–Crippen MR) is 160 cm³/mol. The Kier molecular flexibility index (Phi) is 8.17. The number of H-pyrrole nitrogens is 1. The first-order chi connectivity index (χ1) is 20.5. The third-order valence-corrected chi connectivity index (χ3v) is 8.36. The molecule has 0 bridgehead atoms. The van der Waals surface area contributed by atoms with Crippen LogP contribution in [0.2, 0.25) is 0 Å². The van der Waals surface area contributed by atoms with Crippen molar-refractivity contribution in [2.24, 2.45) is 0 Å². The first-order valence-electron chi connectivity index (χ1n) is 15.2. The van der Waals surface area contributed by atoms with E-state index in [1.54, 1.807) is 4.57 Å². The Balaban J connectivity index is 1.32. The zero-order valence-corrected chi connectivity index (χ0v) is 24.1. The summed E-state index contributed by atoms with van der Waals surface area (Å²) in [5.74, 6) is 0.913. The molecule has 1 saturated carbocycles. The van der Waals surface area contributed by atoms with Crippen molar-refractivity contribution in [3.05, 3.63) is 92.1 Å². The summed E-state index contributed by atoms with van der Waals surface area (Å²) in [5, 5.41) is 3.86. The van der Waals surface area contributed by atoms with Crippen LogP contribution in [-0.4, -0.2) is 43.6 Å². The van der Waals surface area contributed by atoms with Crippen LogP contribution in [0.15, 0.2) is 62.6 Å². The number of piperidine rings is 1. The number of amides is 1. The van der Waals surface area contributed by atoms with Crippen LogP contribution in [0.3, 0.4) is 0 Å². The molecule has 1 N–H and O–H groups in total. The van der Waals surface area contributed by atoms with Crippen LogP contribution in [0.5, 0.6) is 0 Å². The van der Waals surface area contributed by atoms with Crippen LogP contribution < -0.4 is 11.3 Å². The summed E-state index contributed by atoms with van der Waals surface area (Å²) in [6.45, 7) is 4.08. The second-order valence-electron chi connectivity index (χ2n) is 11.5. The number of carbonyl (C=O) groups excluding carboxylic acids is 1. The van der Waals surface area contributed by atoms with Crippen molar-refractivity contribution in [3.63, 3.8) is 0 Å². The molecule has 6 rings (SSSR count). The Morgan fingerprint density at radius 3 is 2.40 bits per heavy atom. The Bertz CT molecular complexity index is 1670. The highest BCUT2D eigenvalue weighted by molar-refractivity contribution is 5.80. The molecule has 1 aliphatic heterocycles. The molecule has 3 heterocycles. The van der Waals surface area contributed by atoms with E-state index in [1.165, 1.54) is 0 Å². The summed E-state index contributed by atoms with van der Waals surface area (Å²) in [7, 11) is 0. The molecule has 218 valence electrons. The van der Waals surface area contributed by atoms with E-state index >= 15 is 0 Å². The van der Waals surface area contributed by atoms with E-state index < -0.39 is 5.76 Å². The van der Waals surface area contributed by atoms with Gasteiger partial charge in [-0.15, -0.1) is 0 Å². The quantitative estimate of drug-likeness (QED) is 0.286. The molecule has 2 aromatic heterocycles. The van der Waals surface area contributed by atoms with Gasteiger partial charge in [-0.2, -0.15) is 0 Å². The number of hydrogen-bond acceptors (Lipinski definition) is 6. The summed E-state index contributed by atoms with van der Waals surface area (Å²) in [6, 6.07) is 15.7. The molecule has 9 nitrogen and oxygen atoms in total. The van der Waals surface area contributed by atoms with Crippen molar-refractivity contribution >= 4 is 5.91 Å². The molecule has 1 aliphatic carbocycles. The molecule has 2 fully saturated rings. The molecule has 42 heavy (non-hydrogen) atoms. The third kappa shape index (κ3) is 6.00. The SMILES string of the molecule is CCCCc1nc(C2CC2)c(CC(=O)N2CCCCC2)c(=O)n1Cc1ccc(-c2ccccc2-c2noc(=O)[nH]2)cc1. The van der Waals surface area contributed by atoms with Gasteiger partial charge in [-0.3, -0.25) is 23.7 Å². The Morgan fingerprint density at radius 1 is 1.00 bits per heavy atom. The number of aryl methyl sites for hydroxylation is 1. The minimum absolute atomic E-state index is 0.0415. The minimum Gasteiger partial charge on any atom is -0.342 e. The zero-order chi connectivity index (χ0) is 29.1. The van der Waals surface area contributed by atoms with Crippen LogP contribution in [-0.2, 0) is 24.2 Å². The monoisotopic (exact) mass is 567 g/mol. The van der Waals surface area contributed by atoms with Gasteiger partial charge >= 0.3 is 5.76 Å². The van der Waals surface area contributed by atoms with Gasteiger partial charge in [0.2, 0.25) is 5.91 Å². The van der Waals surface area contributed by atoms with Crippen molar-refractivity contribution in [2.45, 2.75) is 77.2 Å². The minimum atomic E-state index is -0.599. The van der Waals surface area contributed by atoms with E-state index in [2.05, 4.69) is 17.1 Å². The fourth-order valence-electron chi connectivity index (χ4n) is 5.87. The largest absolute Gasteiger partial charge is 0.439 e. The first kappa shape index (κ1) is 27.9. The molecule has 1 saturated heterocycles. The van der Waals surface area contributed by atoms with Crippen LogP contribution in [0.1, 0.15) is 80.4 Å². The average Bonchev–Trinajstić information content (AvgIpc) is 3.78. The first-order valence-corrected chi connectivity index (χ1v) is 15.2. The Hall–Kier alpha value is -4.27. The lowest BCUT2D eigenvalue weighted by Gasteiger charge is -2.27. The van der Waals surface area contributed by atoms with E-state index in [9.17, 15) is 14.4 Å². The molecule has 0 spiro atoms. The van der Waals surface area contributed by atoms with Gasteiger partial charge in [0.1, 0.15) is 5.82 Å². The van der Waals surface area contributed by atoms with Gasteiger partial charge in [-0.25, -0.2) is 9.78 Å². The normalized spacial score (nSPS) is 15.2. The second kappa shape index (κ2) is 12.3. The predicted octanol–water partition coefficient (Wildman–Crippen LogP) is 5.08. The molecule has 9 heteroatoms. The maximum absolute atomic E-state index is 14.1. The van der Waals surface area contributed by atoms with Crippen molar-refractivity contribution in [3.8, 4) is 22.5 Å². The van der Waals surface area contributed by atoms with Crippen LogP contribution >= 0.6 is 0 Å². The highest BCUT2D eigenvalue weighted by Gasteiger charge is 2.32. The molecule has 0 unspecified atom stereocenters. The highest BCUT2D eigenvalue weighted by atomic mass is 16.5. The van der Waals surface area contributed by atoms with Gasteiger partial charge in [-0.05, 0) is 55.2 Å². The third-order valence-electron chi connectivity index (χ3n) is 8.36. The van der Waals surface area contributed by atoms with Gasteiger partial charge in [-0.1, -0.05) is 67.0 Å². The maximum atomic E-state index is 14.1.